The van der Waals surface area contributed by atoms with Crippen LogP contribution in [0.3, 0.4) is 0 Å². The Morgan fingerprint density at radius 1 is 0.920 bits per heavy atom. The van der Waals surface area contributed by atoms with Gasteiger partial charge in [0.25, 0.3) is 0 Å². The third-order valence-corrected chi connectivity index (χ3v) is 2.79. The van der Waals surface area contributed by atoms with E-state index in [9.17, 15) is 19.2 Å². The van der Waals surface area contributed by atoms with E-state index in [1.807, 2.05) is 0 Å². The quantitative estimate of drug-likeness (QED) is 0.502. The molecule has 0 aliphatic rings. The fourth-order valence-electron chi connectivity index (χ4n) is 1.57. The Bertz CT molecular complexity index is 456. The second-order valence-electron chi connectivity index (χ2n) is 7.05. The largest absolute Gasteiger partial charge is 0.480 e. The molecule has 146 valence electrons. The summed E-state index contributed by atoms with van der Waals surface area (Å²) in [4.78, 5) is 42.2. The number of carbonyl (C=O) groups is 4. The molecule has 0 aromatic heterocycles. The molecule has 0 aromatic rings. The first-order chi connectivity index (χ1) is 11.2. The second kappa shape index (κ2) is 11.3. The van der Waals surface area contributed by atoms with Gasteiger partial charge in [0, 0.05) is 0 Å². The first kappa shape index (κ1) is 24.9. The maximum atomic E-state index is 11.3. The molecule has 0 heterocycles. The van der Waals surface area contributed by atoms with Crippen molar-refractivity contribution in [1.82, 2.24) is 10.6 Å². The standard InChI is InChI=1S/C10H19NO4.C6H11NO3/c1-6(2)7(8(12)13)11-9(14)15-10(3,4)5;1-4(2)5(6(9)10)7-3-8/h6-7H,1-5H3,(H,11,14)(H,12,13);3-5H,1-2H3,(H,7,8)(H,9,10). The van der Waals surface area contributed by atoms with Gasteiger partial charge < -0.3 is 25.6 Å². The second-order valence-corrected chi connectivity index (χ2v) is 7.05. The van der Waals surface area contributed by atoms with Crippen molar-refractivity contribution in [2.24, 2.45) is 11.8 Å². The summed E-state index contributed by atoms with van der Waals surface area (Å²) in [5.74, 6) is -2.32. The lowest BCUT2D eigenvalue weighted by molar-refractivity contribution is -0.142. The predicted molar refractivity (Wildman–Crippen MR) is 91.1 cm³/mol. The molecule has 2 atom stereocenters. The van der Waals surface area contributed by atoms with E-state index in [-0.39, 0.29) is 11.8 Å². The number of alkyl carbamates (subject to hydrolysis) is 1. The summed E-state index contributed by atoms with van der Waals surface area (Å²) in [5, 5.41) is 21.8. The number of ether oxygens (including phenoxy) is 1. The van der Waals surface area contributed by atoms with Gasteiger partial charge in [-0.3, -0.25) is 4.79 Å². The molecule has 0 bridgehead atoms. The van der Waals surface area contributed by atoms with E-state index in [4.69, 9.17) is 14.9 Å². The first-order valence-electron chi connectivity index (χ1n) is 7.87. The van der Waals surface area contributed by atoms with Crippen molar-refractivity contribution >= 4 is 24.4 Å². The fraction of sp³-hybridized carbons (Fsp3) is 0.750. The molecule has 0 saturated carbocycles. The molecule has 0 aromatic carbocycles. The van der Waals surface area contributed by atoms with Gasteiger partial charge in [-0.2, -0.15) is 0 Å². The lowest BCUT2D eigenvalue weighted by Crippen LogP contribution is -2.46. The van der Waals surface area contributed by atoms with Crippen LogP contribution in [0.1, 0.15) is 48.5 Å². The third kappa shape index (κ3) is 12.7. The van der Waals surface area contributed by atoms with Gasteiger partial charge in [-0.15, -0.1) is 0 Å². The lowest BCUT2D eigenvalue weighted by atomic mass is 10.1. The van der Waals surface area contributed by atoms with Crippen LogP contribution >= 0.6 is 0 Å². The van der Waals surface area contributed by atoms with Crippen molar-refractivity contribution in [2.75, 3.05) is 0 Å². The highest BCUT2D eigenvalue weighted by atomic mass is 16.6. The zero-order chi connectivity index (χ0) is 20.4. The molecule has 0 aliphatic carbocycles. The highest BCUT2D eigenvalue weighted by Gasteiger charge is 2.26. The van der Waals surface area contributed by atoms with Gasteiger partial charge in [0.05, 0.1) is 0 Å². The molecule has 2 unspecified atom stereocenters. The fourth-order valence-corrected chi connectivity index (χ4v) is 1.57. The van der Waals surface area contributed by atoms with E-state index in [2.05, 4.69) is 10.6 Å². The molecule has 2 amide bonds. The minimum absolute atomic E-state index is 0.0808. The number of hydrogen-bond acceptors (Lipinski definition) is 5. The zero-order valence-corrected chi connectivity index (χ0v) is 15.8. The summed E-state index contributed by atoms with van der Waals surface area (Å²) in [6.07, 6.45) is -0.303. The van der Waals surface area contributed by atoms with Gasteiger partial charge in [-0.25, -0.2) is 14.4 Å². The Morgan fingerprint density at radius 2 is 1.32 bits per heavy atom. The molecule has 0 saturated heterocycles. The summed E-state index contributed by atoms with van der Waals surface area (Å²) in [6, 6.07) is -1.68. The number of hydrogen-bond donors (Lipinski definition) is 4. The van der Waals surface area contributed by atoms with Crippen LogP contribution < -0.4 is 10.6 Å². The van der Waals surface area contributed by atoms with Crippen LogP contribution in [0.15, 0.2) is 0 Å². The van der Waals surface area contributed by atoms with E-state index < -0.39 is 35.7 Å². The van der Waals surface area contributed by atoms with Crippen LogP contribution in [-0.4, -0.2) is 52.3 Å². The monoisotopic (exact) mass is 362 g/mol. The molecule has 25 heavy (non-hydrogen) atoms. The van der Waals surface area contributed by atoms with Crippen LogP contribution in [0.25, 0.3) is 0 Å². The topological polar surface area (TPSA) is 142 Å². The molecule has 9 nitrogen and oxygen atoms in total. The van der Waals surface area contributed by atoms with E-state index in [1.165, 1.54) is 0 Å². The van der Waals surface area contributed by atoms with Crippen molar-refractivity contribution in [3.63, 3.8) is 0 Å². The maximum absolute atomic E-state index is 11.3. The summed E-state index contributed by atoms with van der Waals surface area (Å²) in [5.41, 5.74) is -0.621. The average Bonchev–Trinajstić information content (AvgIpc) is 2.39. The van der Waals surface area contributed by atoms with Crippen LogP contribution in [0, 0.1) is 11.8 Å². The molecule has 0 fully saturated rings. The van der Waals surface area contributed by atoms with Gasteiger partial charge in [0.1, 0.15) is 17.7 Å². The summed E-state index contributed by atoms with van der Waals surface area (Å²) in [7, 11) is 0. The third-order valence-electron chi connectivity index (χ3n) is 2.79. The van der Waals surface area contributed by atoms with Crippen molar-refractivity contribution in [1.29, 1.82) is 0 Å². The van der Waals surface area contributed by atoms with Crippen molar-refractivity contribution in [2.45, 2.75) is 66.2 Å². The number of nitrogens with one attached hydrogen (secondary N) is 2. The Morgan fingerprint density at radius 3 is 1.52 bits per heavy atom. The Balaban J connectivity index is 0. The number of carbonyl (C=O) groups excluding carboxylic acids is 2. The number of carboxylic acids is 2. The van der Waals surface area contributed by atoms with E-state index in [0.717, 1.165) is 0 Å². The van der Waals surface area contributed by atoms with E-state index >= 15 is 0 Å². The lowest BCUT2D eigenvalue weighted by Gasteiger charge is -2.23. The van der Waals surface area contributed by atoms with Crippen LogP contribution in [0.4, 0.5) is 4.79 Å². The molecule has 0 spiro atoms. The summed E-state index contributed by atoms with van der Waals surface area (Å²) >= 11 is 0. The van der Waals surface area contributed by atoms with Gasteiger partial charge in [0.15, 0.2) is 0 Å². The highest BCUT2D eigenvalue weighted by molar-refractivity contribution is 5.80. The molecule has 0 aliphatic heterocycles. The molecular weight excluding hydrogens is 332 g/mol. The van der Waals surface area contributed by atoms with Crippen LogP contribution in [0.2, 0.25) is 0 Å². The normalized spacial score (nSPS) is 13.2. The van der Waals surface area contributed by atoms with Crippen molar-refractivity contribution in [3.05, 3.63) is 0 Å². The van der Waals surface area contributed by atoms with Gasteiger partial charge in [-0.05, 0) is 32.6 Å². The minimum Gasteiger partial charge on any atom is -0.480 e. The summed E-state index contributed by atoms with van der Waals surface area (Å²) in [6.45, 7) is 12.1. The number of aliphatic carboxylic acids is 2. The molecule has 9 heteroatoms. The highest BCUT2D eigenvalue weighted by Crippen LogP contribution is 2.08. The predicted octanol–water partition coefficient (Wildman–Crippen LogP) is 1.46. The minimum atomic E-state index is -1.06. The van der Waals surface area contributed by atoms with Gasteiger partial charge in [-0.1, -0.05) is 27.7 Å². The first-order valence-corrected chi connectivity index (χ1v) is 7.87. The number of rotatable bonds is 7. The van der Waals surface area contributed by atoms with Gasteiger partial charge in [0.2, 0.25) is 6.41 Å². The molecule has 4 N–H and O–H groups in total. The Kier molecular flexibility index (Phi) is 11.2. The average molecular weight is 362 g/mol. The van der Waals surface area contributed by atoms with Crippen molar-refractivity contribution < 1.29 is 34.1 Å². The number of amides is 2. The molecular formula is C16H30N2O7. The summed E-state index contributed by atoms with van der Waals surface area (Å²) < 4.78 is 4.96. The SMILES string of the molecule is CC(C)C(NC(=O)OC(C)(C)C)C(=O)O.CC(C)C(NC=O)C(=O)O. The molecule has 0 radical (unpaired) electrons. The van der Waals surface area contributed by atoms with Crippen LogP contribution in [-0.2, 0) is 19.1 Å². The molecule has 0 rings (SSSR count). The Hall–Kier alpha value is -2.32. The van der Waals surface area contributed by atoms with Crippen LogP contribution in [0.5, 0.6) is 0 Å². The smallest absolute Gasteiger partial charge is 0.408 e. The maximum Gasteiger partial charge on any atom is 0.408 e. The number of carboxylic acid groups (broad SMARTS) is 2. The van der Waals surface area contributed by atoms with Crippen molar-refractivity contribution in [3.8, 4) is 0 Å². The zero-order valence-electron chi connectivity index (χ0n) is 15.8. The Labute approximate surface area is 148 Å². The van der Waals surface area contributed by atoms with E-state index in [0.29, 0.717) is 6.41 Å². The van der Waals surface area contributed by atoms with Gasteiger partial charge >= 0.3 is 18.0 Å². The van der Waals surface area contributed by atoms with E-state index in [1.54, 1.807) is 48.5 Å².